The first-order valence-corrected chi connectivity index (χ1v) is 10.8. The first-order valence-electron chi connectivity index (χ1n) is 10.8. The zero-order chi connectivity index (χ0) is 22.8. The number of hydrogen-bond donors (Lipinski definition) is 3. The molecule has 0 fully saturated rings. The normalized spacial score (nSPS) is 12.1. The topological polar surface area (TPSA) is 96.6 Å². The molecular weight excluding hydrogens is 531 g/mol. The summed E-state index contributed by atoms with van der Waals surface area (Å²) in [7, 11) is 3.60. The fourth-order valence-electron chi connectivity index (χ4n) is 3.26. The van der Waals surface area contributed by atoms with Gasteiger partial charge in [0.25, 0.3) is 0 Å². The summed E-state index contributed by atoms with van der Waals surface area (Å²) in [5.41, 5.74) is 2.29. The van der Waals surface area contributed by atoms with Gasteiger partial charge in [-0.3, -0.25) is 0 Å². The number of nitrogens with zero attached hydrogens (tertiary/aromatic N) is 4. The Morgan fingerprint density at radius 3 is 2.42 bits per heavy atom. The van der Waals surface area contributed by atoms with Gasteiger partial charge in [0.2, 0.25) is 0 Å². The molecule has 8 nitrogen and oxygen atoms in total. The SMILES string of the molecule is COc1ccc(CCNC(=NCc2nnc(C)n2C)NCC(CO)c2ccccc2)cc1.I. The maximum Gasteiger partial charge on any atom is 0.191 e. The zero-order valence-electron chi connectivity index (χ0n) is 19.4. The zero-order valence-corrected chi connectivity index (χ0v) is 21.7. The van der Waals surface area contributed by atoms with Crippen LogP contribution in [0.1, 0.15) is 28.7 Å². The van der Waals surface area contributed by atoms with E-state index in [0.29, 0.717) is 25.6 Å². The van der Waals surface area contributed by atoms with Crippen molar-refractivity contribution in [2.24, 2.45) is 12.0 Å². The van der Waals surface area contributed by atoms with Crippen molar-refractivity contribution >= 4 is 29.9 Å². The second-order valence-electron chi connectivity index (χ2n) is 7.58. The molecule has 0 aliphatic heterocycles. The fraction of sp³-hybridized carbons (Fsp3) is 0.375. The molecule has 0 aliphatic rings. The van der Waals surface area contributed by atoms with Crippen molar-refractivity contribution in [1.82, 2.24) is 25.4 Å². The van der Waals surface area contributed by atoms with Gasteiger partial charge in [-0.05, 0) is 36.6 Å². The van der Waals surface area contributed by atoms with Crippen LogP contribution in [0, 0.1) is 6.92 Å². The molecule has 0 saturated heterocycles. The van der Waals surface area contributed by atoms with E-state index in [1.54, 1.807) is 7.11 Å². The van der Waals surface area contributed by atoms with E-state index in [2.05, 4.69) is 33.0 Å². The molecule has 1 unspecified atom stereocenters. The number of methoxy groups -OCH3 is 1. The Morgan fingerprint density at radius 1 is 1.09 bits per heavy atom. The highest BCUT2D eigenvalue weighted by atomic mass is 127. The number of aryl methyl sites for hydroxylation is 1. The summed E-state index contributed by atoms with van der Waals surface area (Å²) in [5, 5.41) is 24.9. The Morgan fingerprint density at radius 2 is 1.82 bits per heavy atom. The number of aliphatic imine (C=N–C) groups is 1. The van der Waals surface area contributed by atoms with E-state index in [4.69, 9.17) is 9.73 Å². The van der Waals surface area contributed by atoms with Crippen molar-refractivity contribution < 1.29 is 9.84 Å². The molecule has 3 rings (SSSR count). The van der Waals surface area contributed by atoms with Crippen LogP contribution in [0.4, 0.5) is 0 Å². The van der Waals surface area contributed by atoms with E-state index in [9.17, 15) is 5.11 Å². The minimum atomic E-state index is -0.0261. The van der Waals surface area contributed by atoms with Crippen molar-refractivity contribution in [1.29, 1.82) is 0 Å². The molecule has 1 heterocycles. The summed E-state index contributed by atoms with van der Waals surface area (Å²) in [4.78, 5) is 4.70. The number of halogens is 1. The Bertz CT molecular complexity index is 992. The Hall–Kier alpha value is -2.66. The lowest BCUT2D eigenvalue weighted by Crippen LogP contribution is -2.41. The van der Waals surface area contributed by atoms with Gasteiger partial charge in [-0.2, -0.15) is 0 Å². The predicted octanol–water partition coefficient (Wildman–Crippen LogP) is 2.80. The largest absolute Gasteiger partial charge is 0.497 e. The van der Waals surface area contributed by atoms with Crippen LogP contribution in [-0.2, 0) is 20.0 Å². The maximum absolute atomic E-state index is 9.87. The molecule has 9 heteroatoms. The standard InChI is InChI=1S/C24H32N6O2.HI/c1-18-28-29-23(30(18)2)16-27-24(25-14-13-19-9-11-22(32-3)12-10-19)26-15-21(17-31)20-7-5-4-6-8-20;/h4-12,21,31H,13-17H2,1-3H3,(H2,25,26,27);1H. The first kappa shape index (κ1) is 26.6. The molecule has 33 heavy (non-hydrogen) atoms. The number of rotatable bonds is 10. The molecule has 3 aromatic rings. The van der Waals surface area contributed by atoms with Gasteiger partial charge in [0, 0.05) is 26.1 Å². The first-order chi connectivity index (χ1) is 15.6. The average Bonchev–Trinajstić information content (AvgIpc) is 3.15. The molecule has 1 aromatic heterocycles. The van der Waals surface area contributed by atoms with Crippen molar-refractivity contribution in [3.63, 3.8) is 0 Å². The minimum absolute atomic E-state index is 0. The van der Waals surface area contributed by atoms with Gasteiger partial charge in [-0.25, -0.2) is 4.99 Å². The lowest BCUT2D eigenvalue weighted by atomic mass is 10.0. The van der Waals surface area contributed by atoms with Crippen LogP contribution in [0.15, 0.2) is 59.6 Å². The van der Waals surface area contributed by atoms with Crippen molar-refractivity contribution in [3.8, 4) is 5.75 Å². The van der Waals surface area contributed by atoms with Crippen molar-refractivity contribution in [3.05, 3.63) is 77.4 Å². The molecular formula is C24H33IN6O2. The van der Waals surface area contributed by atoms with E-state index < -0.39 is 0 Å². The molecule has 0 amide bonds. The number of benzene rings is 2. The molecule has 1 atom stereocenters. The lowest BCUT2D eigenvalue weighted by molar-refractivity contribution is 0.265. The molecule has 3 N–H and O–H groups in total. The summed E-state index contributed by atoms with van der Waals surface area (Å²) in [6, 6.07) is 18.0. The highest BCUT2D eigenvalue weighted by molar-refractivity contribution is 14.0. The van der Waals surface area contributed by atoms with Gasteiger partial charge in [-0.15, -0.1) is 34.2 Å². The molecule has 178 valence electrons. The number of aliphatic hydroxyl groups is 1. The number of aliphatic hydroxyl groups excluding tert-OH is 1. The van der Waals surface area contributed by atoms with Gasteiger partial charge in [-0.1, -0.05) is 42.5 Å². The number of aromatic nitrogens is 3. The molecule has 0 bridgehead atoms. The molecule has 2 aromatic carbocycles. The molecule has 0 spiro atoms. The summed E-state index contributed by atoms with van der Waals surface area (Å²) in [5.74, 6) is 3.14. The van der Waals surface area contributed by atoms with Crippen LogP contribution in [-0.4, -0.2) is 52.6 Å². The number of nitrogens with one attached hydrogen (secondary N) is 2. The quantitative estimate of drug-likeness (QED) is 0.199. The molecule has 0 saturated carbocycles. The highest BCUT2D eigenvalue weighted by Gasteiger charge is 2.12. The predicted molar refractivity (Wildman–Crippen MR) is 141 cm³/mol. The van der Waals surface area contributed by atoms with Gasteiger partial charge < -0.3 is 25.0 Å². The maximum atomic E-state index is 9.87. The van der Waals surface area contributed by atoms with E-state index in [-0.39, 0.29) is 36.5 Å². The van der Waals surface area contributed by atoms with E-state index in [0.717, 1.165) is 29.4 Å². The van der Waals surface area contributed by atoms with Crippen molar-refractivity contribution in [2.45, 2.75) is 25.8 Å². The van der Waals surface area contributed by atoms with Gasteiger partial charge in [0.05, 0.1) is 13.7 Å². The second-order valence-corrected chi connectivity index (χ2v) is 7.58. The van der Waals surface area contributed by atoms with Crippen LogP contribution in [0.3, 0.4) is 0 Å². The lowest BCUT2D eigenvalue weighted by Gasteiger charge is -2.18. The van der Waals surface area contributed by atoms with Crippen LogP contribution in [0.25, 0.3) is 0 Å². The van der Waals surface area contributed by atoms with E-state index in [1.165, 1.54) is 5.56 Å². The summed E-state index contributed by atoms with van der Waals surface area (Å²) >= 11 is 0. The number of hydrogen-bond acceptors (Lipinski definition) is 5. The highest BCUT2D eigenvalue weighted by Crippen LogP contribution is 2.14. The summed E-state index contributed by atoms with van der Waals surface area (Å²) in [6.45, 7) is 3.65. The van der Waals surface area contributed by atoms with Crippen molar-refractivity contribution in [2.75, 3.05) is 26.8 Å². The smallest absolute Gasteiger partial charge is 0.191 e. The van der Waals surface area contributed by atoms with E-state index >= 15 is 0 Å². The van der Waals surface area contributed by atoms with Gasteiger partial charge in [0.1, 0.15) is 18.1 Å². The third-order valence-corrected chi connectivity index (χ3v) is 5.43. The Kier molecular flexibility index (Phi) is 11.1. The second kappa shape index (κ2) is 13.8. The van der Waals surface area contributed by atoms with Crippen LogP contribution in [0.2, 0.25) is 0 Å². The van der Waals surface area contributed by atoms with Crippen LogP contribution >= 0.6 is 24.0 Å². The average molecular weight is 564 g/mol. The number of guanidine groups is 1. The van der Waals surface area contributed by atoms with E-state index in [1.807, 2.05) is 61.0 Å². The van der Waals surface area contributed by atoms with Crippen LogP contribution < -0.4 is 15.4 Å². The third-order valence-electron chi connectivity index (χ3n) is 5.43. The Labute approximate surface area is 212 Å². The van der Waals surface area contributed by atoms with Crippen LogP contribution in [0.5, 0.6) is 5.75 Å². The third kappa shape index (κ3) is 8.01. The molecule has 0 aliphatic carbocycles. The minimum Gasteiger partial charge on any atom is -0.497 e. The fourth-order valence-corrected chi connectivity index (χ4v) is 3.26. The van der Waals surface area contributed by atoms with Gasteiger partial charge in [0.15, 0.2) is 11.8 Å². The Balaban J connectivity index is 0.00000385. The van der Waals surface area contributed by atoms with Gasteiger partial charge >= 0.3 is 0 Å². The summed E-state index contributed by atoms with van der Waals surface area (Å²) < 4.78 is 7.15. The summed E-state index contributed by atoms with van der Waals surface area (Å²) in [6.07, 6.45) is 0.843. The number of ether oxygens (including phenoxy) is 1. The monoisotopic (exact) mass is 564 g/mol. The molecule has 0 radical (unpaired) electrons.